The summed E-state index contributed by atoms with van der Waals surface area (Å²) in [6.07, 6.45) is 1.98. The lowest BCUT2D eigenvalue weighted by Gasteiger charge is -2.39. The summed E-state index contributed by atoms with van der Waals surface area (Å²) in [4.78, 5) is 25.4. The number of piperazine rings is 1. The first-order valence-electron chi connectivity index (χ1n) is 13.3. The molecule has 3 aromatic carbocycles. The van der Waals surface area contributed by atoms with E-state index in [9.17, 15) is 4.79 Å². The van der Waals surface area contributed by atoms with Crippen molar-refractivity contribution >= 4 is 50.2 Å². The number of piperidine rings is 1. The highest BCUT2D eigenvalue weighted by molar-refractivity contribution is 9.10. The summed E-state index contributed by atoms with van der Waals surface area (Å²) in [6, 6.07) is 24.6. The summed E-state index contributed by atoms with van der Waals surface area (Å²) in [5.74, 6) is 1.34. The van der Waals surface area contributed by atoms with E-state index < -0.39 is 0 Å². The van der Waals surface area contributed by atoms with Gasteiger partial charge in [0.2, 0.25) is 5.91 Å². The highest BCUT2D eigenvalue weighted by Crippen LogP contribution is 2.27. The van der Waals surface area contributed by atoms with E-state index in [1.54, 1.807) is 0 Å². The Morgan fingerprint density at radius 3 is 2.50 bits per heavy atom. The number of hydrogen-bond acceptors (Lipinski definition) is 4. The smallest absolute Gasteiger partial charge is 0.227 e. The van der Waals surface area contributed by atoms with Crippen molar-refractivity contribution in [1.29, 1.82) is 0 Å². The second-order valence-corrected chi connectivity index (χ2v) is 11.5. The number of benzene rings is 3. The zero-order valence-corrected chi connectivity index (χ0v) is 23.6. The Morgan fingerprint density at radius 2 is 1.71 bits per heavy atom. The molecule has 2 aliphatic heterocycles. The molecule has 1 amide bonds. The lowest BCUT2D eigenvalue weighted by atomic mass is 9.96. The highest BCUT2D eigenvalue weighted by atomic mass is 79.9. The third kappa shape index (κ3) is 5.33. The average Bonchev–Trinajstić information content (AvgIpc) is 3.31. The molecule has 2 fully saturated rings. The molecule has 3 heterocycles. The number of aromatic nitrogens is 2. The molecule has 0 unspecified atom stereocenters. The normalized spacial score (nSPS) is 18.7. The van der Waals surface area contributed by atoms with Gasteiger partial charge in [0.1, 0.15) is 5.82 Å². The lowest BCUT2D eigenvalue weighted by Crippen LogP contribution is -2.52. The van der Waals surface area contributed by atoms with Gasteiger partial charge in [0.25, 0.3) is 0 Å². The van der Waals surface area contributed by atoms with Gasteiger partial charge in [-0.05, 0) is 74.0 Å². The van der Waals surface area contributed by atoms with Crippen LogP contribution in [0, 0.1) is 5.92 Å². The van der Waals surface area contributed by atoms with Crippen LogP contribution in [0.2, 0.25) is 5.02 Å². The summed E-state index contributed by atoms with van der Waals surface area (Å²) in [7, 11) is 0. The maximum atomic E-state index is 13.5. The Hall–Kier alpha value is -2.87. The first-order chi connectivity index (χ1) is 18.5. The largest absolute Gasteiger partial charge is 0.368 e. The van der Waals surface area contributed by atoms with Crippen molar-refractivity contribution in [2.24, 2.45) is 5.92 Å². The molecule has 6 rings (SSSR count). The van der Waals surface area contributed by atoms with E-state index in [0.29, 0.717) is 5.91 Å². The zero-order chi connectivity index (χ0) is 26.1. The van der Waals surface area contributed by atoms with Gasteiger partial charge in [-0.2, -0.15) is 0 Å². The molecule has 0 saturated carbocycles. The maximum Gasteiger partial charge on any atom is 0.227 e. The van der Waals surface area contributed by atoms with Gasteiger partial charge in [0.05, 0.1) is 23.5 Å². The molecule has 8 heteroatoms. The van der Waals surface area contributed by atoms with Crippen LogP contribution in [-0.4, -0.2) is 64.5 Å². The Morgan fingerprint density at radius 1 is 0.921 bits per heavy atom. The number of fused-ring (bicyclic) bond motifs is 1. The van der Waals surface area contributed by atoms with Crippen LogP contribution < -0.4 is 4.90 Å². The summed E-state index contributed by atoms with van der Waals surface area (Å²) in [5, 5.41) is 0.747. The minimum absolute atomic E-state index is 0.0366. The lowest BCUT2D eigenvalue weighted by molar-refractivity contribution is -0.137. The molecule has 2 aliphatic rings. The summed E-state index contributed by atoms with van der Waals surface area (Å²) < 4.78 is 3.29. The first-order valence-corrected chi connectivity index (χ1v) is 14.5. The quantitative estimate of drug-likeness (QED) is 0.285. The van der Waals surface area contributed by atoms with E-state index in [1.807, 2.05) is 24.3 Å². The molecule has 0 N–H and O–H groups in total. The Bertz CT molecular complexity index is 1430. The van der Waals surface area contributed by atoms with Crippen LogP contribution in [0.1, 0.15) is 18.7 Å². The number of rotatable bonds is 5. The van der Waals surface area contributed by atoms with E-state index in [-0.39, 0.29) is 5.92 Å². The van der Waals surface area contributed by atoms with Crippen molar-refractivity contribution < 1.29 is 4.79 Å². The molecule has 38 heavy (non-hydrogen) atoms. The third-order valence-corrected chi connectivity index (χ3v) is 8.44. The van der Waals surface area contributed by atoms with Gasteiger partial charge in [-0.1, -0.05) is 45.7 Å². The predicted molar refractivity (Wildman–Crippen MR) is 157 cm³/mol. The van der Waals surface area contributed by atoms with Crippen molar-refractivity contribution in [2.45, 2.75) is 19.4 Å². The fraction of sp³-hybridized carbons (Fsp3) is 0.333. The van der Waals surface area contributed by atoms with Gasteiger partial charge in [-0.3, -0.25) is 14.3 Å². The summed E-state index contributed by atoms with van der Waals surface area (Å²) >= 11 is 9.67. The second kappa shape index (κ2) is 11.1. The monoisotopic (exact) mass is 591 g/mol. The van der Waals surface area contributed by atoms with Gasteiger partial charge in [0.15, 0.2) is 0 Å². The highest BCUT2D eigenvalue weighted by Gasteiger charge is 2.31. The molecule has 0 radical (unpaired) electrons. The number of anilines is 1. The van der Waals surface area contributed by atoms with Crippen molar-refractivity contribution in [3.05, 3.63) is 88.1 Å². The molecule has 1 aromatic heterocycles. The van der Waals surface area contributed by atoms with Crippen LogP contribution in [-0.2, 0) is 11.3 Å². The average molecular weight is 593 g/mol. The number of nitrogens with zero attached hydrogens (tertiary/aromatic N) is 5. The molecule has 0 bridgehead atoms. The predicted octanol–water partition coefficient (Wildman–Crippen LogP) is 6.00. The van der Waals surface area contributed by atoms with E-state index in [1.165, 1.54) is 5.69 Å². The number of likely N-dealkylation sites (tertiary alicyclic amines) is 1. The molecule has 6 nitrogen and oxygen atoms in total. The van der Waals surface area contributed by atoms with Gasteiger partial charge < -0.3 is 9.80 Å². The summed E-state index contributed by atoms with van der Waals surface area (Å²) in [5.41, 5.74) is 4.35. The Balaban J connectivity index is 1.14. The Kier molecular flexibility index (Phi) is 7.41. The van der Waals surface area contributed by atoms with Crippen LogP contribution in [0.4, 0.5) is 5.69 Å². The zero-order valence-electron chi connectivity index (χ0n) is 21.3. The molecular formula is C30H31BrClN5O. The van der Waals surface area contributed by atoms with Crippen molar-refractivity contribution in [2.75, 3.05) is 44.2 Å². The van der Waals surface area contributed by atoms with E-state index in [0.717, 1.165) is 90.7 Å². The van der Waals surface area contributed by atoms with Gasteiger partial charge in [-0.15, -0.1) is 0 Å². The van der Waals surface area contributed by atoms with E-state index in [2.05, 4.69) is 83.7 Å². The van der Waals surface area contributed by atoms with Gasteiger partial charge in [-0.25, -0.2) is 4.98 Å². The van der Waals surface area contributed by atoms with Crippen LogP contribution in [0.25, 0.3) is 16.7 Å². The van der Waals surface area contributed by atoms with Gasteiger partial charge in [0, 0.05) is 53.6 Å². The van der Waals surface area contributed by atoms with Crippen LogP contribution in [0.3, 0.4) is 0 Å². The van der Waals surface area contributed by atoms with Crippen LogP contribution >= 0.6 is 27.5 Å². The van der Waals surface area contributed by atoms with Crippen molar-refractivity contribution in [1.82, 2.24) is 19.4 Å². The van der Waals surface area contributed by atoms with Crippen molar-refractivity contribution in [3.8, 4) is 5.69 Å². The Labute approximate surface area is 236 Å². The molecule has 0 aliphatic carbocycles. The molecular weight excluding hydrogens is 562 g/mol. The standard InChI is InChI=1S/C30H31BrClN5O/c31-23-6-3-7-26(19-23)37-28-9-2-1-8-27(28)33-29(37)21-34-14-4-5-22(20-34)30(38)36-17-15-35(16-18-36)25-12-10-24(32)11-13-25/h1-3,6-13,19,22H,4-5,14-18,20-21H2/t22-/m0/s1. The molecule has 1 atom stereocenters. The fourth-order valence-electron chi connectivity index (χ4n) is 5.78. The fourth-order valence-corrected chi connectivity index (χ4v) is 6.29. The number of imidazole rings is 1. The molecule has 0 spiro atoms. The molecule has 196 valence electrons. The summed E-state index contributed by atoms with van der Waals surface area (Å²) in [6.45, 7) is 5.69. The SMILES string of the molecule is O=C([C@H]1CCCN(Cc2nc3ccccc3n2-c2cccc(Br)c2)C1)N1CCN(c2ccc(Cl)cc2)CC1. The maximum absolute atomic E-state index is 13.5. The van der Waals surface area contributed by atoms with Gasteiger partial charge >= 0.3 is 0 Å². The number of carbonyl (C=O) groups is 1. The molecule has 4 aromatic rings. The minimum atomic E-state index is 0.0366. The number of amides is 1. The van der Waals surface area contributed by atoms with Crippen LogP contribution in [0.5, 0.6) is 0 Å². The number of carbonyl (C=O) groups excluding carboxylic acids is 1. The van der Waals surface area contributed by atoms with E-state index in [4.69, 9.17) is 16.6 Å². The number of hydrogen-bond donors (Lipinski definition) is 0. The number of para-hydroxylation sites is 2. The number of halogens is 2. The first kappa shape index (κ1) is 25.4. The minimum Gasteiger partial charge on any atom is -0.368 e. The topological polar surface area (TPSA) is 44.6 Å². The molecule has 2 saturated heterocycles. The van der Waals surface area contributed by atoms with Crippen molar-refractivity contribution in [3.63, 3.8) is 0 Å². The van der Waals surface area contributed by atoms with E-state index >= 15 is 0 Å². The third-order valence-electron chi connectivity index (χ3n) is 7.70. The second-order valence-electron chi connectivity index (χ2n) is 10.2. The van der Waals surface area contributed by atoms with Crippen LogP contribution in [0.15, 0.2) is 77.3 Å².